The van der Waals surface area contributed by atoms with E-state index in [1.807, 2.05) is 0 Å². The zero-order valence-corrected chi connectivity index (χ0v) is 14.8. The molecule has 1 aliphatic heterocycles. The van der Waals surface area contributed by atoms with Crippen LogP contribution in [0.5, 0.6) is 5.75 Å². The lowest BCUT2D eigenvalue weighted by Gasteiger charge is -2.15. The number of amides is 2. The summed E-state index contributed by atoms with van der Waals surface area (Å²) in [5.74, 6) is -0.779. The normalized spacial score (nSPS) is 12.9. The minimum atomic E-state index is -0.466. The second kappa shape index (κ2) is 7.58. The van der Waals surface area contributed by atoms with Crippen molar-refractivity contribution in [3.8, 4) is 5.75 Å². The second-order valence-corrected chi connectivity index (χ2v) is 5.93. The van der Waals surface area contributed by atoms with Crippen molar-refractivity contribution in [1.29, 1.82) is 0 Å². The third kappa shape index (κ3) is 3.41. The summed E-state index contributed by atoms with van der Waals surface area (Å²) in [6.45, 7) is 2.18. The molecule has 2 aromatic rings. The van der Waals surface area contributed by atoms with Gasteiger partial charge in [-0.05, 0) is 37.3 Å². The molecule has 3 rings (SSSR count). The van der Waals surface area contributed by atoms with Crippen LogP contribution in [-0.2, 0) is 4.74 Å². The van der Waals surface area contributed by atoms with Crippen LogP contribution in [-0.4, -0.2) is 42.4 Å². The Morgan fingerprint density at radius 1 is 1.08 bits per heavy atom. The van der Waals surface area contributed by atoms with Crippen LogP contribution in [0.3, 0.4) is 0 Å². The molecule has 0 atom stereocenters. The Hall–Kier alpha value is -2.86. The van der Waals surface area contributed by atoms with Crippen LogP contribution >= 0.6 is 11.6 Å². The number of esters is 1. The zero-order valence-electron chi connectivity index (χ0n) is 14.0. The average molecular weight is 374 g/mol. The Balaban J connectivity index is 1.62. The highest BCUT2D eigenvalue weighted by Crippen LogP contribution is 2.26. The van der Waals surface area contributed by atoms with Crippen LogP contribution in [0.2, 0.25) is 5.02 Å². The Morgan fingerprint density at radius 3 is 2.31 bits per heavy atom. The highest BCUT2D eigenvalue weighted by atomic mass is 35.5. The fraction of sp³-hybridized carbons (Fsp3) is 0.211. The molecule has 2 aromatic carbocycles. The van der Waals surface area contributed by atoms with Gasteiger partial charge >= 0.3 is 5.97 Å². The molecule has 0 bridgehead atoms. The van der Waals surface area contributed by atoms with Gasteiger partial charge < -0.3 is 9.47 Å². The van der Waals surface area contributed by atoms with Crippen LogP contribution in [0.15, 0.2) is 42.5 Å². The maximum atomic E-state index is 12.3. The molecular formula is C19H16ClNO5. The summed E-state index contributed by atoms with van der Waals surface area (Å²) in [7, 11) is 0. The number of rotatable bonds is 6. The maximum absolute atomic E-state index is 12.3. The topological polar surface area (TPSA) is 72.9 Å². The molecule has 0 spiro atoms. The summed E-state index contributed by atoms with van der Waals surface area (Å²) in [6.07, 6.45) is 0. The number of nitrogens with zero attached hydrogens (tertiary/aromatic N) is 1. The van der Waals surface area contributed by atoms with Crippen molar-refractivity contribution in [3.63, 3.8) is 0 Å². The van der Waals surface area contributed by atoms with Crippen LogP contribution in [0, 0.1) is 0 Å². The van der Waals surface area contributed by atoms with Crippen molar-refractivity contribution < 1.29 is 23.9 Å². The third-order valence-corrected chi connectivity index (χ3v) is 4.19. The molecule has 0 radical (unpaired) electrons. The minimum Gasteiger partial charge on any atom is -0.490 e. The van der Waals surface area contributed by atoms with Crippen LogP contribution in [0.25, 0.3) is 0 Å². The lowest BCUT2D eigenvalue weighted by atomic mass is 10.1. The molecule has 0 aromatic heterocycles. The number of carbonyl (C=O) groups is 3. The molecule has 134 valence electrons. The number of halogens is 1. The van der Waals surface area contributed by atoms with Gasteiger partial charge in [-0.1, -0.05) is 23.7 Å². The minimum absolute atomic E-state index is 0.0872. The molecule has 0 fully saturated rings. The average Bonchev–Trinajstić information content (AvgIpc) is 2.88. The number of imide groups is 1. The number of carbonyl (C=O) groups excluding carboxylic acids is 3. The van der Waals surface area contributed by atoms with Gasteiger partial charge in [0.05, 0.1) is 34.9 Å². The first-order chi connectivity index (χ1) is 12.5. The molecule has 0 aliphatic carbocycles. The number of fused-ring (bicyclic) bond motifs is 1. The molecule has 2 amide bonds. The first-order valence-corrected chi connectivity index (χ1v) is 8.45. The summed E-state index contributed by atoms with van der Waals surface area (Å²) in [6, 6.07) is 11.2. The van der Waals surface area contributed by atoms with E-state index >= 15 is 0 Å². The van der Waals surface area contributed by atoms with Crippen molar-refractivity contribution in [1.82, 2.24) is 4.90 Å². The Bertz CT molecular complexity index is 845. The molecular weight excluding hydrogens is 358 g/mol. The van der Waals surface area contributed by atoms with E-state index in [2.05, 4.69) is 0 Å². The zero-order chi connectivity index (χ0) is 18.7. The van der Waals surface area contributed by atoms with E-state index in [4.69, 9.17) is 21.1 Å². The first-order valence-electron chi connectivity index (χ1n) is 8.07. The van der Waals surface area contributed by atoms with E-state index in [1.165, 1.54) is 6.07 Å². The number of hydrogen-bond acceptors (Lipinski definition) is 5. The monoisotopic (exact) mass is 373 g/mol. The highest BCUT2D eigenvalue weighted by Gasteiger charge is 2.34. The van der Waals surface area contributed by atoms with E-state index in [0.717, 1.165) is 4.90 Å². The number of ether oxygens (including phenoxy) is 2. The Morgan fingerprint density at radius 2 is 1.73 bits per heavy atom. The molecule has 7 heteroatoms. The van der Waals surface area contributed by atoms with Gasteiger partial charge in [0.15, 0.2) is 0 Å². The van der Waals surface area contributed by atoms with Gasteiger partial charge in [0.1, 0.15) is 12.4 Å². The van der Waals surface area contributed by atoms with Gasteiger partial charge in [-0.15, -0.1) is 0 Å². The van der Waals surface area contributed by atoms with Crippen molar-refractivity contribution in [3.05, 3.63) is 64.2 Å². The standard InChI is InChI=1S/C19H16ClNO5/c1-2-25-19(24)12-7-8-16(15(20)11-12)26-10-9-21-17(22)13-5-3-4-6-14(13)18(21)23/h3-8,11H,2,9-10H2,1H3. The quantitative estimate of drug-likeness (QED) is 0.574. The summed E-state index contributed by atoms with van der Waals surface area (Å²) in [5.41, 5.74) is 1.12. The molecule has 1 heterocycles. The summed E-state index contributed by atoms with van der Waals surface area (Å²) >= 11 is 6.12. The van der Waals surface area contributed by atoms with E-state index < -0.39 is 5.97 Å². The third-order valence-electron chi connectivity index (χ3n) is 3.89. The highest BCUT2D eigenvalue weighted by molar-refractivity contribution is 6.32. The molecule has 6 nitrogen and oxygen atoms in total. The Kier molecular flexibility index (Phi) is 5.23. The fourth-order valence-electron chi connectivity index (χ4n) is 2.65. The molecule has 0 unspecified atom stereocenters. The second-order valence-electron chi connectivity index (χ2n) is 5.52. The van der Waals surface area contributed by atoms with Gasteiger partial charge in [-0.2, -0.15) is 0 Å². The lowest BCUT2D eigenvalue weighted by molar-refractivity contribution is 0.0524. The van der Waals surface area contributed by atoms with Crippen molar-refractivity contribution in [2.45, 2.75) is 6.92 Å². The SMILES string of the molecule is CCOC(=O)c1ccc(OCCN2C(=O)c3ccccc3C2=O)c(Cl)c1. The van der Waals surface area contributed by atoms with Crippen molar-refractivity contribution in [2.24, 2.45) is 0 Å². The van der Waals surface area contributed by atoms with Gasteiger partial charge in [-0.3, -0.25) is 14.5 Å². The number of benzene rings is 2. The predicted molar refractivity (Wildman–Crippen MR) is 94.7 cm³/mol. The molecule has 26 heavy (non-hydrogen) atoms. The lowest BCUT2D eigenvalue weighted by Crippen LogP contribution is -2.33. The van der Waals surface area contributed by atoms with Gasteiger partial charge in [0.2, 0.25) is 0 Å². The van der Waals surface area contributed by atoms with E-state index in [0.29, 0.717) is 22.4 Å². The molecule has 1 aliphatic rings. The van der Waals surface area contributed by atoms with Gasteiger partial charge in [0.25, 0.3) is 11.8 Å². The molecule has 0 N–H and O–H groups in total. The molecule has 0 saturated carbocycles. The summed E-state index contributed by atoms with van der Waals surface area (Å²) in [4.78, 5) is 37.4. The Labute approximate surface area is 155 Å². The van der Waals surface area contributed by atoms with Crippen LogP contribution in [0.4, 0.5) is 0 Å². The smallest absolute Gasteiger partial charge is 0.338 e. The molecule has 0 saturated heterocycles. The predicted octanol–water partition coefficient (Wildman–Crippen LogP) is 3.19. The van der Waals surface area contributed by atoms with E-state index in [9.17, 15) is 14.4 Å². The van der Waals surface area contributed by atoms with Crippen molar-refractivity contribution in [2.75, 3.05) is 19.8 Å². The first kappa shape index (κ1) is 17.9. The van der Waals surface area contributed by atoms with Crippen LogP contribution in [0.1, 0.15) is 38.0 Å². The van der Waals surface area contributed by atoms with Crippen LogP contribution < -0.4 is 4.74 Å². The van der Waals surface area contributed by atoms with E-state index in [1.54, 1.807) is 43.3 Å². The van der Waals surface area contributed by atoms with E-state index in [-0.39, 0.29) is 36.6 Å². The largest absolute Gasteiger partial charge is 0.490 e. The van der Waals surface area contributed by atoms with Crippen molar-refractivity contribution >= 4 is 29.4 Å². The van der Waals surface area contributed by atoms with Gasteiger partial charge in [-0.25, -0.2) is 4.79 Å². The van der Waals surface area contributed by atoms with Gasteiger partial charge in [0, 0.05) is 0 Å². The fourth-order valence-corrected chi connectivity index (χ4v) is 2.88. The summed E-state index contributed by atoms with van der Waals surface area (Å²) < 4.78 is 10.5. The maximum Gasteiger partial charge on any atom is 0.338 e. The summed E-state index contributed by atoms with van der Waals surface area (Å²) in [5, 5.41) is 0.248. The number of hydrogen-bond donors (Lipinski definition) is 0.